The van der Waals surface area contributed by atoms with Crippen molar-refractivity contribution in [3.63, 3.8) is 0 Å². The molecule has 1 atom stereocenters. The highest BCUT2D eigenvalue weighted by molar-refractivity contribution is 7.85. The molecule has 29 heavy (non-hydrogen) atoms. The van der Waals surface area contributed by atoms with Crippen molar-refractivity contribution < 1.29 is 37.6 Å². The van der Waals surface area contributed by atoms with Gasteiger partial charge in [-0.15, -0.1) is 0 Å². The summed E-state index contributed by atoms with van der Waals surface area (Å²) < 4.78 is 30.3. The van der Waals surface area contributed by atoms with Crippen LogP contribution in [0.15, 0.2) is 58.1 Å². The lowest BCUT2D eigenvalue weighted by atomic mass is 9.80. The lowest BCUT2D eigenvalue weighted by Crippen LogP contribution is -2.28. The minimum atomic E-state index is -4.20. The first kappa shape index (κ1) is 22.0. The Balaban J connectivity index is 0.000000212. The molecule has 1 unspecified atom stereocenters. The molecule has 1 aliphatic heterocycles. The van der Waals surface area contributed by atoms with Crippen LogP contribution in [-0.2, 0) is 24.5 Å². The molecular formula is C18H18N2O8S. The van der Waals surface area contributed by atoms with Crippen LogP contribution in [0, 0.1) is 5.41 Å². The van der Waals surface area contributed by atoms with E-state index in [0.717, 1.165) is 0 Å². The van der Waals surface area contributed by atoms with Crippen LogP contribution in [0.4, 0.5) is 5.69 Å². The smallest absolute Gasteiger partial charge is 0.331 e. The second kappa shape index (κ2) is 8.37. The zero-order chi connectivity index (χ0) is 21.8. The average molecular weight is 422 g/mol. The molecule has 1 amide bonds. The van der Waals surface area contributed by atoms with Crippen LogP contribution in [0.1, 0.15) is 19.8 Å². The van der Waals surface area contributed by atoms with Crippen LogP contribution < -0.4 is 5.01 Å². The molecule has 0 bridgehead atoms. The van der Waals surface area contributed by atoms with Crippen molar-refractivity contribution in [2.45, 2.75) is 24.7 Å². The maximum atomic E-state index is 11.3. The Bertz CT molecular complexity index is 1020. The molecule has 11 heteroatoms. The van der Waals surface area contributed by atoms with E-state index in [1.807, 2.05) is 0 Å². The van der Waals surface area contributed by atoms with Gasteiger partial charge in [-0.05, 0) is 37.6 Å². The second-order valence-electron chi connectivity index (χ2n) is 6.43. The molecular weight excluding hydrogens is 404 g/mol. The Morgan fingerprint density at radius 1 is 1.17 bits per heavy atom. The summed E-state index contributed by atoms with van der Waals surface area (Å²) in [5.74, 6) is -2.24. The highest BCUT2D eigenvalue weighted by Crippen LogP contribution is 2.31. The summed E-state index contributed by atoms with van der Waals surface area (Å²) in [5.41, 5.74) is -0.485. The molecule has 3 N–H and O–H groups in total. The number of hydrogen-bond acceptors (Lipinski definition) is 6. The molecule has 1 heterocycles. The molecule has 0 fully saturated rings. The molecule has 0 saturated heterocycles. The number of benzene rings is 1. The lowest BCUT2D eigenvalue weighted by Gasteiger charge is -2.23. The second-order valence-corrected chi connectivity index (χ2v) is 7.85. The van der Waals surface area contributed by atoms with E-state index in [1.54, 1.807) is 0 Å². The summed E-state index contributed by atoms with van der Waals surface area (Å²) >= 11 is 0. The van der Waals surface area contributed by atoms with Crippen molar-refractivity contribution in [3.8, 4) is 0 Å². The van der Waals surface area contributed by atoms with Gasteiger partial charge in [-0.25, -0.2) is 9.80 Å². The summed E-state index contributed by atoms with van der Waals surface area (Å²) in [6.45, 7) is 1.50. The van der Waals surface area contributed by atoms with Crippen LogP contribution >= 0.6 is 0 Å². The molecule has 0 saturated carbocycles. The standard InChI is InChI=1S/C9H8N2O4S.C9H10O4/c12-9-5-6-10-11(9)7-1-3-8(4-2-7)16(13,14)15;1-9(8(12)13)4-2-3-6(5-9)7(10)11/h1-4,6H,5H2,(H,13,14,15);2-4H,5H2,1H3,(H,10,11)(H,12,13). The fraction of sp³-hybridized carbons (Fsp3) is 0.222. The van der Waals surface area contributed by atoms with Crippen LogP contribution in [0.25, 0.3) is 0 Å². The zero-order valence-corrected chi connectivity index (χ0v) is 16.0. The van der Waals surface area contributed by atoms with Crippen LogP contribution in [0.2, 0.25) is 0 Å². The van der Waals surface area contributed by atoms with Gasteiger partial charge in [0.2, 0.25) is 0 Å². The van der Waals surface area contributed by atoms with Gasteiger partial charge in [-0.1, -0.05) is 18.2 Å². The molecule has 0 radical (unpaired) electrons. The Labute approximate surface area is 166 Å². The van der Waals surface area contributed by atoms with Gasteiger partial charge < -0.3 is 10.2 Å². The molecule has 2 aliphatic rings. The number of allylic oxidation sites excluding steroid dienone is 2. The highest BCUT2D eigenvalue weighted by atomic mass is 32.2. The first-order chi connectivity index (χ1) is 13.4. The number of carboxylic acid groups (broad SMARTS) is 2. The molecule has 3 rings (SSSR count). The van der Waals surface area contributed by atoms with Crippen LogP contribution in [0.3, 0.4) is 0 Å². The number of carboxylic acids is 2. The third-order valence-electron chi connectivity index (χ3n) is 4.16. The highest BCUT2D eigenvalue weighted by Gasteiger charge is 2.34. The van der Waals surface area contributed by atoms with Gasteiger partial charge in [0, 0.05) is 11.8 Å². The van der Waals surface area contributed by atoms with E-state index in [4.69, 9.17) is 14.8 Å². The van der Waals surface area contributed by atoms with Crippen LogP contribution in [-0.4, -0.2) is 47.2 Å². The number of carbonyl (C=O) groups excluding carboxylic acids is 1. The third-order valence-corrected chi connectivity index (χ3v) is 5.03. The van der Waals surface area contributed by atoms with Crippen molar-refractivity contribution in [1.82, 2.24) is 0 Å². The van der Waals surface area contributed by atoms with E-state index >= 15 is 0 Å². The molecule has 0 aromatic heterocycles. The number of anilines is 1. The van der Waals surface area contributed by atoms with Gasteiger partial charge in [0.1, 0.15) is 0 Å². The van der Waals surface area contributed by atoms with Gasteiger partial charge in [-0.2, -0.15) is 13.5 Å². The average Bonchev–Trinajstić information content (AvgIpc) is 3.07. The summed E-state index contributed by atoms with van der Waals surface area (Å²) in [6, 6.07) is 5.24. The summed E-state index contributed by atoms with van der Waals surface area (Å²) in [4.78, 5) is 32.4. The summed E-state index contributed by atoms with van der Waals surface area (Å²) in [5, 5.41) is 22.5. The van der Waals surface area contributed by atoms with E-state index in [1.165, 1.54) is 60.6 Å². The van der Waals surface area contributed by atoms with Crippen molar-refractivity contribution in [2.24, 2.45) is 10.5 Å². The number of hydrazone groups is 1. The molecule has 1 aliphatic carbocycles. The van der Waals surface area contributed by atoms with Crippen molar-refractivity contribution in [2.75, 3.05) is 5.01 Å². The molecule has 0 spiro atoms. The molecule has 154 valence electrons. The Morgan fingerprint density at radius 2 is 1.79 bits per heavy atom. The fourth-order valence-corrected chi connectivity index (χ4v) is 2.99. The van der Waals surface area contributed by atoms with Crippen molar-refractivity contribution in [3.05, 3.63) is 48.1 Å². The minimum absolute atomic E-state index is 0.0359. The minimum Gasteiger partial charge on any atom is -0.481 e. The van der Waals surface area contributed by atoms with Crippen molar-refractivity contribution in [1.29, 1.82) is 0 Å². The fourth-order valence-electron chi connectivity index (χ4n) is 2.51. The topological polar surface area (TPSA) is 162 Å². The molecule has 1 aromatic rings. The van der Waals surface area contributed by atoms with E-state index in [2.05, 4.69) is 5.10 Å². The van der Waals surface area contributed by atoms with Gasteiger partial charge in [-0.3, -0.25) is 14.1 Å². The number of aliphatic carboxylic acids is 2. The maximum absolute atomic E-state index is 11.3. The quantitative estimate of drug-likeness (QED) is 0.618. The number of amides is 1. The first-order valence-corrected chi connectivity index (χ1v) is 9.66. The van der Waals surface area contributed by atoms with E-state index in [9.17, 15) is 22.8 Å². The number of carbonyl (C=O) groups is 3. The monoisotopic (exact) mass is 422 g/mol. The SMILES string of the molecule is CC1(C(=O)O)C=CC=C(C(=O)O)C1.O=C1CC=NN1c1ccc(S(=O)(=O)O)cc1. The number of nitrogens with zero attached hydrogens (tertiary/aromatic N) is 2. The van der Waals surface area contributed by atoms with Gasteiger partial charge >= 0.3 is 11.9 Å². The number of hydrogen-bond donors (Lipinski definition) is 3. The maximum Gasteiger partial charge on any atom is 0.331 e. The lowest BCUT2D eigenvalue weighted by molar-refractivity contribution is -0.145. The Hall–Kier alpha value is -3.31. The summed E-state index contributed by atoms with van der Waals surface area (Å²) in [7, 11) is -4.20. The predicted molar refractivity (Wildman–Crippen MR) is 102 cm³/mol. The Morgan fingerprint density at radius 3 is 2.24 bits per heavy atom. The largest absolute Gasteiger partial charge is 0.481 e. The predicted octanol–water partition coefficient (Wildman–Crippen LogP) is 1.70. The van der Waals surface area contributed by atoms with Gasteiger partial charge in [0.15, 0.2) is 0 Å². The molecule has 10 nitrogen and oxygen atoms in total. The van der Waals surface area contributed by atoms with Gasteiger partial charge in [0.05, 0.1) is 22.4 Å². The summed E-state index contributed by atoms with van der Waals surface area (Å²) in [6.07, 6.45) is 6.14. The normalized spacial score (nSPS) is 20.7. The molecule has 1 aromatic carbocycles. The van der Waals surface area contributed by atoms with Gasteiger partial charge in [0.25, 0.3) is 16.0 Å². The Kier molecular flexibility index (Phi) is 6.34. The van der Waals surface area contributed by atoms with E-state index in [0.29, 0.717) is 5.69 Å². The van der Waals surface area contributed by atoms with E-state index in [-0.39, 0.29) is 29.2 Å². The first-order valence-electron chi connectivity index (χ1n) is 8.22. The zero-order valence-electron chi connectivity index (χ0n) is 15.2. The third kappa shape index (κ3) is 5.36. The van der Waals surface area contributed by atoms with Crippen molar-refractivity contribution >= 4 is 39.9 Å². The van der Waals surface area contributed by atoms with E-state index < -0.39 is 27.5 Å². The number of rotatable bonds is 4. The van der Waals surface area contributed by atoms with Crippen LogP contribution in [0.5, 0.6) is 0 Å².